The SMILES string of the molecule is C=C(C)CN(C)c1ccc([N+](=O)[O-])c(C(C)=O)c1. The van der Waals surface area contributed by atoms with Crippen molar-refractivity contribution in [3.63, 3.8) is 0 Å². The summed E-state index contributed by atoms with van der Waals surface area (Å²) in [6.07, 6.45) is 0. The fraction of sp³-hybridized carbons (Fsp3) is 0.308. The van der Waals surface area contributed by atoms with Gasteiger partial charge in [-0.2, -0.15) is 0 Å². The van der Waals surface area contributed by atoms with Crippen LogP contribution >= 0.6 is 0 Å². The fourth-order valence-corrected chi connectivity index (χ4v) is 1.70. The van der Waals surface area contributed by atoms with E-state index in [1.165, 1.54) is 13.0 Å². The number of nitro groups is 1. The van der Waals surface area contributed by atoms with Crippen molar-refractivity contribution in [2.75, 3.05) is 18.5 Å². The highest BCUT2D eigenvalue weighted by Crippen LogP contribution is 2.25. The summed E-state index contributed by atoms with van der Waals surface area (Å²) in [5.41, 5.74) is 1.70. The van der Waals surface area contributed by atoms with Gasteiger partial charge in [0.1, 0.15) is 0 Å². The molecule has 0 spiro atoms. The summed E-state index contributed by atoms with van der Waals surface area (Å²) >= 11 is 0. The molecule has 0 saturated heterocycles. The van der Waals surface area contributed by atoms with E-state index in [2.05, 4.69) is 6.58 Å². The lowest BCUT2D eigenvalue weighted by molar-refractivity contribution is -0.385. The van der Waals surface area contributed by atoms with Gasteiger partial charge in [0, 0.05) is 25.3 Å². The Labute approximate surface area is 106 Å². The van der Waals surface area contributed by atoms with E-state index in [0.717, 1.165) is 11.3 Å². The number of Topliss-reactive ketones (excluding diaryl/α,β-unsaturated/α-hetero) is 1. The van der Waals surface area contributed by atoms with E-state index in [1.54, 1.807) is 12.1 Å². The smallest absolute Gasteiger partial charge is 0.280 e. The minimum absolute atomic E-state index is 0.131. The molecule has 5 heteroatoms. The van der Waals surface area contributed by atoms with Gasteiger partial charge in [-0.1, -0.05) is 12.2 Å². The van der Waals surface area contributed by atoms with Gasteiger partial charge in [-0.05, 0) is 26.0 Å². The van der Waals surface area contributed by atoms with Crippen LogP contribution in [-0.2, 0) is 0 Å². The van der Waals surface area contributed by atoms with Gasteiger partial charge in [0.05, 0.1) is 10.5 Å². The number of hydrogen-bond acceptors (Lipinski definition) is 4. The maximum Gasteiger partial charge on any atom is 0.280 e. The number of benzene rings is 1. The predicted molar refractivity (Wildman–Crippen MR) is 71.2 cm³/mol. The molecule has 0 aliphatic carbocycles. The van der Waals surface area contributed by atoms with Gasteiger partial charge in [-0.15, -0.1) is 0 Å². The molecule has 0 aromatic heterocycles. The summed E-state index contributed by atoms with van der Waals surface area (Å²) in [7, 11) is 1.85. The Morgan fingerprint density at radius 3 is 2.50 bits per heavy atom. The van der Waals surface area contributed by atoms with E-state index in [0.29, 0.717) is 6.54 Å². The molecule has 0 heterocycles. The third-order valence-electron chi connectivity index (χ3n) is 2.50. The normalized spacial score (nSPS) is 9.94. The van der Waals surface area contributed by atoms with Gasteiger partial charge in [-0.25, -0.2) is 0 Å². The lowest BCUT2D eigenvalue weighted by Crippen LogP contribution is -2.19. The van der Waals surface area contributed by atoms with Gasteiger partial charge >= 0.3 is 0 Å². The van der Waals surface area contributed by atoms with Crippen molar-refractivity contribution in [3.8, 4) is 0 Å². The topological polar surface area (TPSA) is 63.4 Å². The summed E-state index contributed by atoms with van der Waals surface area (Å²) in [5.74, 6) is -0.313. The highest BCUT2D eigenvalue weighted by Gasteiger charge is 2.18. The lowest BCUT2D eigenvalue weighted by atomic mass is 10.1. The van der Waals surface area contributed by atoms with Crippen LogP contribution in [0.2, 0.25) is 0 Å². The molecule has 0 amide bonds. The number of rotatable bonds is 5. The zero-order chi connectivity index (χ0) is 13.9. The van der Waals surface area contributed by atoms with Crippen molar-refractivity contribution in [3.05, 3.63) is 46.0 Å². The Hall–Kier alpha value is -2.17. The van der Waals surface area contributed by atoms with Crippen molar-refractivity contribution in [2.45, 2.75) is 13.8 Å². The van der Waals surface area contributed by atoms with Gasteiger partial charge in [-0.3, -0.25) is 14.9 Å². The molecule has 0 N–H and O–H groups in total. The van der Waals surface area contributed by atoms with Gasteiger partial charge in [0.15, 0.2) is 5.78 Å². The summed E-state index contributed by atoms with van der Waals surface area (Å²) in [4.78, 5) is 23.6. The van der Waals surface area contributed by atoms with Crippen molar-refractivity contribution in [1.29, 1.82) is 0 Å². The average Bonchev–Trinajstić information content (AvgIpc) is 2.26. The molecule has 0 aliphatic heterocycles. The first-order chi connectivity index (χ1) is 8.32. The van der Waals surface area contributed by atoms with Crippen LogP contribution < -0.4 is 4.90 Å². The van der Waals surface area contributed by atoms with Crippen LogP contribution in [0.25, 0.3) is 0 Å². The van der Waals surface area contributed by atoms with Gasteiger partial charge in [0.25, 0.3) is 5.69 Å². The quantitative estimate of drug-likeness (QED) is 0.348. The number of hydrogen-bond donors (Lipinski definition) is 0. The molecule has 18 heavy (non-hydrogen) atoms. The maximum absolute atomic E-state index is 11.4. The van der Waals surface area contributed by atoms with Crippen LogP contribution in [0.1, 0.15) is 24.2 Å². The summed E-state index contributed by atoms with van der Waals surface area (Å²) in [6.45, 7) is 7.66. The highest BCUT2D eigenvalue weighted by atomic mass is 16.6. The molecule has 0 atom stereocenters. The highest BCUT2D eigenvalue weighted by molar-refractivity contribution is 5.99. The van der Waals surface area contributed by atoms with E-state index in [9.17, 15) is 14.9 Å². The Morgan fingerprint density at radius 1 is 1.44 bits per heavy atom. The van der Waals surface area contributed by atoms with Gasteiger partial charge < -0.3 is 4.90 Å². The summed E-state index contributed by atoms with van der Waals surface area (Å²) in [5, 5.41) is 10.8. The Balaban J connectivity index is 3.18. The van der Waals surface area contributed by atoms with Crippen LogP contribution in [0.3, 0.4) is 0 Å². The van der Waals surface area contributed by atoms with Gasteiger partial charge in [0.2, 0.25) is 0 Å². The lowest BCUT2D eigenvalue weighted by Gasteiger charge is -2.19. The van der Waals surface area contributed by atoms with Crippen LogP contribution in [0.4, 0.5) is 11.4 Å². The zero-order valence-corrected chi connectivity index (χ0v) is 10.8. The molecule has 0 saturated carbocycles. The number of ketones is 1. The Morgan fingerprint density at radius 2 is 2.06 bits per heavy atom. The first kappa shape index (κ1) is 13.9. The van der Waals surface area contributed by atoms with Crippen molar-refractivity contribution >= 4 is 17.2 Å². The molecule has 1 aromatic rings. The summed E-state index contributed by atoms with van der Waals surface area (Å²) < 4.78 is 0. The molecule has 0 aliphatic rings. The molecule has 1 rings (SSSR count). The fourth-order valence-electron chi connectivity index (χ4n) is 1.70. The molecule has 5 nitrogen and oxygen atoms in total. The van der Waals surface area contributed by atoms with Crippen molar-refractivity contribution < 1.29 is 9.72 Å². The van der Waals surface area contributed by atoms with Crippen LogP contribution in [0, 0.1) is 10.1 Å². The first-order valence-electron chi connectivity index (χ1n) is 5.48. The minimum Gasteiger partial charge on any atom is -0.371 e. The van der Waals surface area contributed by atoms with Crippen LogP contribution in [0.15, 0.2) is 30.4 Å². The van der Waals surface area contributed by atoms with Crippen molar-refractivity contribution in [1.82, 2.24) is 0 Å². The number of likely N-dealkylation sites (N-methyl/N-ethyl adjacent to an activating group) is 1. The predicted octanol–water partition coefficient (Wildman–Crippen LogP) is 2.81. The second kappa shape index (κ2) is 5.44. The maximum atomic E-state index is 11.4. The number of carbonyl (C=O) groups excluding carboxylic acids is 1. The van der Waals surface area contributed by atoms with E-state index in [4.69, 9.17) is 0 Å². The molecular weight excluding hydrogens is 232 g/mol. The number of nitro benzene ring substituents is 1. The second-order valence-electron chi connectivity index (χ2n) is 4.33. The van der Waals surface area contributed by atoms with E-state index < -0.39 is 4.92 Å². The molecule has 0 unspecified atom stereocenters. The number of carbonyl (C=O) groups is 1. The summed E-state index contributed by atoms with van der Waals surface area (Å²) in [6, 6.07) is 4.54. The molecule has 0 fully saturated rings. The Bertz CT molecular complexity index is 509. The number of anilines is 1. The molecule has 0 radical (unpaired) electrons. The standard InChI is InChI=1S/C13H16N2O3/c1-9(2)8-14(4)11-5-6-13(15(17)18)12(7-11)10(3)16/h5-7H,1,8H2,2-4H3. The van der Waals surface area contributed by atoms with Crippen molar-refractivity contribution in [2.24, 2.45) is 0 Å². The first-order valence-corrected chi connectivity index (χ1v) is 5.48. The molecule has 1 aromatic carbocycles. The molecule has 0 bridgehead atoms. The average molecular weight is 248 g/mol. The third kappa shape index (κ3) is 3.16. The minimum atomic E-state index is -0.542. The Kier molecular flexibility index (Phi) is 4.20. The third-order valence-corrected chi connectivity index (χ3v) is 2.50. The monoisotopic (exact) mass is 248 g/mol. The largest absolute Gasteiger partial charge is 0.371 e. The molecular formula is C13H16N2O3. The second-order valence-corrected chi connectivity index (χ2v) is 4.33. The zero-order valence-electron chi connectivity index (χ0n) is 10.8. The van der Waals surface area contributed by atoms with Crippen LogP contribution in [0.5, 0.6) is 0 Å². The van der Waals surface area contributed by atoms with Crippen LogP contribution in [-0.4, -0.2) is 24.3 Å². The number of nitrogens with zero attached hydrogens (tertiary/aromatic N) is 2. The van der Waals surface area contributed by atoms with E-state index in [1.807, 2.05) is 18.9 Å². The molecule has 96 valence electrons. The van der Waals surface area contributed by atoms with E-state index in [-0.39, 0.29) is 17.0 Å². The van der Waals surface area contributed by atoms with E-state index >= 15 is 0 Å².